The van der Waals surface area contributed by atoms with Crippen LogP contribution in [0.1, 0.15) is 58.8 Å². The molecule has 2 N–H and O–H groups in total. The minimum Gasteiger partial charge on any atom is -0.352 e. The zero-order chi connectivity index (χ0) is 17.8. The molecule has 0 aromatic heterocycles. The highest BCUT2D eigenvalue weighted by Crippen LogP contribution is 2.53. The third-order valence-corrected chi connectivity index (χ3v) is 6.55. The molecule has 0 saturated heterocycles. The van der Waals surface area contributed by atoms with E-state index >= 15 is 0 Å². The largest absolute Gasteiger partial charge is 0.352 e. The van der Waals surface area contributed by atoms with Gasteiger partial charge in [0, 0.05) is 17.6 Å². The van der Waals surface area contributed by atoms with E-state index in [1.165, 1.54) is 37.7 Å². The Hall–Kier alpha value is -0.800. The molecule has 4 bridgehead atoms. The molecule has 4 rings (SSSR count). The van der Waals surface area contributed by atoms with Crippen LogP contribution in [0.2, 0.25) is 0 Å². The van der Waals surface area contributed by atoms with Crippen LogP contribution in [0, 0.1) is 23.7 Å². The molecule has 3 nitrogen and oxygen atoms in total. The lowest BCUT2D eigenvalue weighted by Gasteiger charge is -2.54. The number of nitrogens with one attached hydrogen (secondary N) is 2. The van der Waals surface area contributed by atoms with Gasteiger partial charge in [0.1, 0.15) is 0 Å². The third kappa shape index (κ3) is 5.34. The standard InChI is InChI=1S/C21H33ClN2O/c1-14(4-3-5-15(2)22)6-7-23-13-20(25)24-21-18-9-16-8-17(11-18)12-19(21)10-16/h5-6,16-19,21,23H,3-4,7-13H2,1-2H3,(H,24,25)/b14-6+,15-5+. The summed E-state index contributed by atoms with van der Waals surface area (Å²) in [4.78, 5) is 12.3. The highest BCUT2D eigenvalue weighted by molar-refractivity contribution is 6.29. The molecule has 0 atom stereocenters. The molecule has 0 spiro atoms. The predicted molar refractivity (Wildman–Crippen MR) is 104 cm³/mol. The molecule has 1 amide bonds. The summed E-state index contributed by atoms with van der Waals surface area (Å²) in [7, 11) is 0. The first-order valence-electron chi connectivity index (χ1n) is 9.99. The van der Waals surface area contributed by atoms with Crippen molar-refractivity contribution in [2.75, 3.05) is 13.1 Å². The number of amides is 1. The highest BCUT2D eigenvalue weighted by atomic mass is 35.5. The highest BCUT2D eigenvalue weighted by Gasteiger charge is 2.48. The maximum Gasteiger partial charge on any atom is 0.234 e. The van der Waals surface area contributed by atoms with Crippen LogP contribution < -0.4 is 10.6 Å². The van der Waals surface area contributed by atoms with Gasteiger partial charge in [-0.15, -0.1) is 0 Å². The van der Waals surface area contributed by atoms with E-state index in [9.17, 15) is 4.79 Å². The van der Waals surface area contributed by atoms with Gasteiger partial charge in [0.05, 0.1) is 6.54 Å². The lowest BCUT2D eigenvalue weighted by Crippen LogP contribution is -2.56. The fraction of sp³-hybridized carbons (Fsp3) is 0.762. The van der Waals surface area contributed by atoms with Crippen LogP contribution in [-0.2, 0) is 4.79 Å². The molecule has 4 aliphatic carbocycles. The van der Waals surface area contributed by atoms with Gasteiger partial charge in [0.15, 0.2) is 0 Å². The molecule has 0 radical (unpaired) electrons. The first kappa shape index (κ1) is 19.0. The van der Waals surface area contributed by atoms with E-state index in [0.717, 1.165) is 48.1 Å². The first-order chi connectivity index (χ1) is 12.0. The Bertz CT molecular complexity index is 508. The number of carbonyl (C=O) groups is 1. The average Bonchev–Trinajstić information content (AvgIpc) is 2.54. The van der Waals surface area contributed by atoms with Crippen molar-refractivity contribution in [3.8, 4) is 0 Å². The van der Waals surface area contributed by atoms with Crippen molar-refractivity contribution in [3.63, 3.8) is 0 Å². The lowest BCUT2D eigenvalue weighted by molar-refractivity contribution is -0.124. The van der Waals surface area contributed by atoms with Crippen LogP contribution in [-0.4, -0.2) is 25.0 Å². The third-order valence-electron chi connectivity index (χ3n) is 6.40. The van der Waals surface area contributed by atoms with Crippen LogP contribution in [0.4, 0.5) is 0 Å². The second-order valence-corrected chi connectivity index (χ2v) is 9.13. The van der Waals surface area contributed by atoms with Gasteiger partial charge in [-0.3, -0.25) is 4.79 Å². The lowest BCUT2D eigenvalue weighted by atomic mass is 9.54. The zero-order valence-electron chi connectivity index (χ0n) is 15.7. The van der Waals surface area contributed by atoms with Gasteiger partial charge in [-0.25, -0.2) is 0 Å². The second kappa shape index (κ2) is 8.73. The summed E-state index contributed by atoms with van der Waals surface area (Å²) in [6, 6.07) is 0.449. The van der Waals surface area contributed by atoms with Crippen LogP contribution in [0.5, 0.6) is 0 Å². The number of halogens is 1. The van der Waals surface area contributed by atoms with Crippen molar-refractivity contribution >= 4 is 17.5 Å². The molecule has 4 saturated carbocycles. The average molecular weight is 365 g/mol. The van der Waals surface area contributed by atoms with Gasteiger partial charge < -0.3 is 10.6 Å². The Morgan fingerprint density at radius 1 is 1.04 bits per heavy atom. The number of hydrogen-bond donors (Lipinski definition) is 2. The van der Waals surface area contributed by atoms with E-state index in [2.05, 4.69) is 23.6 Å². The predicted octanol–water partition coefficient (Wildman–Crippen LogP) is 4.39. The first-order valence-corrected chi connectivity index (χ1v) is 10.4. The Morgan fingerprint density at radius 2 is 1.68 bits per heavy atom. The van der Waals surface area contributed by atoms with Gasteiger partial charge >= 0.3 is 0 Å². The summed E-state index contributed by atoms with van der Waals surface area (Å²) in [6.07, 6.45) is 13.1. The van der Waals surface area contributed by atoms with E-state index in [-0.39, 0.29) is 5.91 Å². The van der Waals surface area contributed by atoms with E-state index in [4.69, 9.17) is 11.6 Å². The van der Waals surface area contributed by atoms with E-state index in [1.807, 2.05) is 13.0 Å². The van der Waals surface area contributed by atoms with Crippen LogP contribution in [0.25, 0.3) is 0 Å². The Kier molecular flexibility index (Phi) is 6.62. The fourth-order valence-corrected chi connectivity index (χ4v) is 5.54. The van der Waals surface area contributed by atoms with Crippen molar-refractivity contribution in [3.05, 3.63) is 22.8 Å². The summed E-state index contributed by atoms with van der Waals surface area (Å²) >= 11 is 5.83. The van der Waals surface area contributed by atoms with E-state index < -0.39 is 0 Å². The molecular weight excluding hydrogens is 332 g/mol. The quantitative estimate of drug-likeness (QED) is 0.495. The summed E-state index contributed by atoms with van der Waals surface area (Å²) in [6.45, 7) is 5.22. The Balaban J connectivity index is 1.34. The van der Waals surface area contributed by atoms with Crippen LogP contribution in [0.3, 0.4) is 0 Å². The summed E-state index contributed by atoms with van der Waals surface area (Å²) in [5.74, 6) is 3.59. The molecule has 0 heterocycles. The minimum absolute atomic E-state index is 0.171. The van der Waals surface area contributed by atoms with Crippen molar-refractivity contribution in [2.24, 2.45) is 23.7 Å². The fourth-order valence-electron chi connectivity index (χ4n) is 5.43. The number of allylic oxidation sites excluding steroid dienone is 3. The zero-order valence-corrected chi connectivity index (χ0v) is 16.4. The molecule has 4 aliphatic rings. The maximum atomic E-state index is 12.3. The van der Waals surface area contributed by atoms with Crippen molar-refractivity contribution in [1.82, 2.24) is 10.6 Å². The number of hydrogen-bond acceptors (Lipinski definition) is 2. The molecule has 140 valence electrons. The van der Waals surface area contributed by atoms with Gasteiger partial charge in [-0.2, -0.15) is 0 Å². The summed E-state index contributed by atoms with van der Waals surface area (Å²) in [5, 5.41) is 7.46. The summed E-state index contributed by atoms with van der Waals surface area (Å²) < 4.78 is 0. The van der Waals surface area contributed by atoms with Gasteiger partial charge in [-0.1, -0.05) is 29.3 Å². The Labute approximate surface area is 157 Å². The summed E-state index contributed by atoms with van der Waals surface area (Å²) in [5.41, 5.74) is 1.34. The maximum absolute atomic E-state index is 12.3. The van der Waals surface area contributed by atoms with Gasteiger partial charge in [0.25, 0.3) is 0 Å². The molecule has 0 unspecified atom stereocenters. The normalized spacial score (nSPS) is 34.4. The molecule has 4 heteroatoms. The van der Waals surface area contributed by atoms with E-state index in [0.29, 0.717) is 12.6 Å². The van der Waals surface area contributed by atoms with Crippen LogP contribution in [0.15, 0.2) is 22.8 Å². The SMILES string of the molecule is C/C(Cl)=C\CC/C(C)=C/CNCC(=O)NC1C2CC3CC(C2)CC1C3. The van der Waals surface area contributed by atoms with Crippen molar-refractivity contribution in [2.45, 2.75) is 64.8 Å². The molecule has 25 heavy (non-hydrogen) atoms. The Morgan fingerprint density at radius 3 is 2.28 bits per heavy atom. The van der Waals surface area contributed by atoms with Gasteiger partial charge in [0.2, 0.25) is 5.91 Å². The van der Waals surface area contributed by atoms with Crippen molar-refractivity contribution in [1.29, 1.82) is 0 Å². The number of carbonyl (C=O) groups excluding carboxylic acids is 1. The van der Waals surface area contributed by atoms with Crippen LogP contribution >= 0.6 is 11.6 Å². The smallest absolute Gasteiger partial charge is 0.234 e. The minimum atomic E-state index is 0.171. The second-order valence-electron chi connectivity index (χ2n) is 8.53. The molecule has 0 aromatic carbocycles. The van der Waals surface area contributed by atoms with Crippen molar-refractivity contribution < 1.29 is 4.79 Å². The molecule has 0 aromatic rings. The topological polar surface area (TPSA) is 41.1 Å². The molecule has 0 aliphatic heterocycles. The monoisotopic (exact) mass is 364 g/mol. The molecular formula is C21H33ClN2O. The number of rotatable bonds is 8. The van der Waals surface area contributed by atoms with Gasteiger partial charge in [-0.05, 0) is 82.5 Å². The van der Waals surface area contributed by atoms with E-state index in [1.54, 1.807) is 0 Å². The molecule has 4 fully saturated rings.